The van der Waals surface area contributed by atoms with E-state index in [-0.39, 0.29) is 0 Å². The van der Waals surface area contributed by atoms with E-state index in [9.17, 15) is 0 Å². The van der Waals surface area contributed by atoms with E-state index in [1.54, 1.807) is 20.4 Å². The first-order valence-corrected chi connectivity index (χ1v) is 13.4. The summed E-state index contributed by atoms with van der Waals surface area (Å²) in [5, 5.41) is 8.12. The van der Waals surface area contributed by atoms with Crippen molar-refractivity contribution in [2.24, 2.45) is 0 Å². The van der Waals surface area contributed by atoms with Gasteiger partial charge in [-0.1, -0.05) is 18.2 Å². The minimum atomic E-state index is 0.591. The first kappa shape index (κ1) is 28.0. The molecule has 0 spiro atoms. The van der Waals surface area contributed by atoms with Gasteiger partial charge in [-0.25, -0.2) is 0 Å². The van der Waals surface area contributed by atoms with Gasteiger partial charge in [-0.3, -0.25) is 4.98 Å². The van der Waals surface area contributed by atoms with E-state index in [1.807, 2.05) is 37.3 Å². The Hall–Kier alpha value is -4.04. The molecule has 0 saturated heterocycles. The molecule has 0 aliphatic carbocycles. The normalized spacial score (nSPS) is 10.7. The van der Waals surface area contributed by atoms with Gasteiger partial charge < -0.3 is 29.7 Å². The zero-order valence-electron chi connectivity index (χ0n) is 23.4. The Morgan fingerprint density at radius 3 is 2.36 bits per heavy atom. The number of benzene rings is 3. The molecule has 3 aromatic carbocycles. The summed E-state index contributed by atoms with van der Waals surface area (Å²) in [7, 11) is 3.22. The number of ether oxygens (including phenoxy) is 3. The molecule has 0 amide bonds. The van der Waals surface area contributed by atoms with Crippen molar-refractivity contribution in [2.45, 2.75) is 27.7 Å². The molecule has 2 N–H and O–H groups in total. The van der Waals surface area contributed by atoms with Gasteiger partial charge in [0.2, 0.25) is 0 Å². The van der Waals surface area contributed by atoms with Crippen LogP contribution in [0.4, 0.5) is 11.4 Å². The van der Waals surface area contributed by atoms with Gasteiger partial charge in [-0.15, -0.1) is 0 Å². The first-order chi connectivity index (χ1) is 18.9. The monoisotopic (exact) mass is 544 g/mol. The fourth-order valence-electron chi connectivity index (χ4n) is 4.53. The standard InChI is InChI=1S/C31H36N4O3S/c1-7-35(26-11-9-8-10-20(26)2)17-16-33-31(39)34-24-12-13-27(22(4)21(24)3)38-28-14-15-32-25-19-30(37-6)29(36-5)18-23(25)28/h8-15,18-19H,7,16-17H2,1-6H3,(H2,33,34,39). The number of nitrogens with one attached hydrogen (secondary N) is 2. The Kier molecular flexibility index (Phi) is 9.09. The summed E-state index contributed by atoms with van der Waals surface area (Å²) in [4.78, 5) is 6.81. The number of hydrogen-bond acceptors (Lipinski definition) is 6. The van der Waals surface area contributed by atoms with Gasteiger partial charge in [0.05, 0.1) is 19.7 Å². The lowest BCUT2D eigenvalue weighted by Gasteiger charge is -2.25. The number of likely N-dealkylation sites (N-methyl/N-ethyl adjacent to an activating group) is 1. The average molecular weight is 545 g/mol. The van der Waals surface area contributed by atoms with Crippen molar-refractivity contribution in [1.29, 1.82) is 0 Å². The molecule has 4 aromatic rings. The second-order valence-electron chi connectivity index (χ2n) is 9.24. The van der Waals surface area contributed by atoms with Crippen LogP contribution in [0.5, 0.6) is 23.0 Å². The number of thiocarbonyl (C=S) groups is 1. The molecule has 204 valence electrons. The maximum atomic E-state index is 6.37. The average Bonchev–Trinajstić information content (AvgIpc) is 2.95. The van der Waals surface area contributed by atoms with Crippen molar-refractivity contribution in [2.75, 3.05) is 44.1 Å². The predicted molar refractivity (Wildman–Crippen MR) is 164 cm³/mol. The Morgan fingerprint density at radius 2 is 1.64 bits per heavy atom. The van der Waals surface area contributed by atoms with Gasteiger partial charge in [-0.05, 0) is 86.9 Å². The predicted octanol–water partition coefficient (Wildman–Crippen LogP) is 6.78. The molecule has 0 radical (unpaired) electrons. The lowest BCUT2D eigenvalue weighted by Crippen LogP contribution is -2.37. The van der Waals surface area contributed by atoms with Gasteiger partial charge in [-0.2, -0.15) is 0 Å². The molecule has 0 unspecified atom stereocenters. The van der Waals surface area contributed by atoms with Crippen molar-refractivity contribution in [1.82, 2.24) is 10.3 Å². The van der Waals surface area contributed by atoms with Crippen LogP contribution in [-0.4, -0.2) is 44.0 Å². The summed E-state index contributed by atoms with van der Waals surface area (Å²) in [6.45, 7) is 10.9. The second kappa shape index (κ2) is 12.7. The number of para-hydroxylation sites is 1. The summed E-state index contributed by atoms with van der Waals surface area (Å²) in [5.41, 5.74) is 6.30. The highest BCUT2D eigenvalue weighted by molar-refractivity contribution is 7.80. The second-order valence-corrected chi connectivity index (χ2v) is 9.65. The van der Waals surface area contributed by atoms with Crippen LogP contribution in [0.15, 0.2) is 60.8 Å². The summed E-state index contributed by atoms with van der Waals surface area (Å²) >= 11 is 5.60. The number of hydrogen-bond donors (Lipinski definition) is 2. The van der Waals surface area contributed by atoms with Crippen LogP contribution in [0.25, 0.3) is 10.9 Å². The number of nitrogens with zero attached hydrogens (tertiary/aromatic N) is 2. The van der Waals surface area contributed by atoms with Gasteiger partial charge in [0, 0.05) is 48.7 Å². The first-order valence-electron chi connectivity index (χ1n) is 13.0. The van der Waals surface area contributed by atoms with Gasteiger partial charge >= 0.3 is 0 Å². The highest BCUT2D eigenvalue weighted by Gasteiger charge is 2.14. The molecular formula is C31H36N4O3S. The summed E-state index contributed by atoms with van der Waals surface area (Å²) < 4.78 is 17.3. The molecule has 39 heavy (non-hydrogen) atoms. The van der Waals surface area contributed by atoms with Crippen LogP contribution in [-0.2, 0) is 0 Å². The molecule has 8 heteroatoms. The van der Waals surface area contributed by atoms with Crippen LogP contribution in [0, 0.1) is 20.8 Å². The quantitative estimate of drug-likeness (QED) is 0.212. The summed E-state index contributed by atoms with van der Waals surface area (Å²) in [6, 6.07) is 18.0. The van der Waals surface area contributed by atoms with E-state index >= 15 is 0 Å². The van der Waals surface area contributed by atoms with Crippen LogP contribution in [0.3, 0.4) is 0 Å². The van der Waals surface area contributed by atoms with Crippen LogP contribution < -0.4 is 29.7 Å². The zero-order valence-corrected chi connectivity index (χ0v) is 24.2. The van der Waals surface area contributed by atoms with Gasteiger partial charge in [0.1, 0.15) is 11.5 Å². The number of aryl methyl sites for hydroxylation is 1. The Balaban J connectivity index is 1.43. The van der Waals surface area contributed by atoms with E-state index in [0.29, 0.717) is 22.4 Å². The number of fused-ring (bicyclic) bond motifs is 1. The zero-order chi connectivity index (χ0) is 27.9. The lowest BCUT2D eigenvalue weighted by atomic mass is 10.1. The maximum Gasteiger partial charge on any atom is 0.170 e. The molecular weight excluding hydrogens is 508 g/mol. The van der Waals surface area contributed by atoms with Gasteiger partial charge in [0.25, 0.3) is 0 Å². The van der Waals surface area contributed by atoms with E-state index in [2.05, 4.69) is 65.6 Å². The van der Waals surface area contributed by atoms with Crippen molar-refractivity contribution >= 4 is 39.6 Å². The molecule has 0 bridgehead atoms. The minimum Gasteiger partial charge on any atom is -0.493 e. The molecule has 0 aliphatic heterocycles. The molecule has 0 aliphatic rings. The molecule has 7 nitrogen and oxygen atoms in total. The maximum absolute atomic E-state index is 6.37. The number of pyridine rings is 1. The Labute approximate surface area is 236 Å². The molecule has 0 fully saturated rings. The minimum absolute atomic E-state index is 0.591. The number of methoxy groups -OCH3 is 2. The molecule has 1 heterocycles. The van der Waals surface area contributed by atoms with Crippen LogP contribution >= 0.6 is 12.2 Å². The largest absolute Gasteiger partial charge is 0.493 e. The van der Waals surface area contributed by atoms with Crippen LogP contribution in [0.2, 0.25) is 0 Å². The number of anilines is 2. The fraction of sp³-hybridized carbons (Fsp3) is 0.290. The summed E-state index contributed by atoms with van der Waals surface area (Å²) in [5.74, 6) is 2.70. The fourth-order valence-corrected chi connectivity index (χ4v) is 4.75. The topological polar surface area (TPSA) is 67.9 Å². The third-order valence-corrected chi connectivity index (χ3v) is 7.16. The third-order valence-electron chi connectivity index (χ3n) is 6.92. The van der Waals surface area contributed by atoms with E-state index in [1.165, 1.54) is 11.3 Å². The van der Waals surface area contributed by atoms with Crippen molar-refractivity contribution < 1.29 is 14.2 Å². The highest BCUT2D eigenvalue weighted by atomic mass is 32.1. The Morgan fingerprint density at radius 1 is 0.897 bits per heavy atom. The van der Waals surface area contributed by atoms with Crippen molar-refractivity contribution in [3.8, 4) is 23.0 Å². The molecule has 4 rings (SSSR count). The SMILES string of the molecule is CCN(CCNC(=S)Nc1ccc(Oc2ccnc3cc(OC)c(OC)cc23)c(C)c1C)c1ccccc1C. The number of aromatic nitrogens is 1. The Bertz CT molecular complexity index is 1470. The van der Waals surface area contributed by atoms with E-state index in [0.717, 1.165) is 53.1 Å². The molecule has 0 saturated carbocycles. The van der Waals surface area contributed by atoms with Crippen molar-refractivity contribution in [3.05, 3.63) is 77.5 Å². The smallest absolute Gasteiger partial charge is 0.170 e. The lowest BCUT2D eigenvalue weighted by molar-refractivity contribution is 0.355. The van der Waals surface area contributed by atoms with Crippen LogP contribution in [0.1, 0.15) is 23.6 Å². The third kappa shape index (κ3) is 6.34. The van der Waals surface area contributed by atoms with Crippen molar-refractivity contribution in [3.63, 3.8) is 0 Å². The van der Waals surface area contributed by atoms with Gasteiger partial charge in [0.15, 0.2) is 16.6 Å². The number of rotatable bonds is 10. The van der Waals surface area contributed by atoms with E-state index < -0.39 is 0 Å². The van der Waals surface area contributed by atoms with E-state index in [4.69, 9.17) is 26.4 Å². The highest BCUT2D eigenvalue weighted by Crippen LogP contribution is 2.38. The molecule has 1 aromatic heterocycles. The summed E-state index contributed by atoms with van der Waals surface area (Å²) in [6.07, 6.45) is 1.73. The molecule has 0 atom stereocenters.